The van der Waals surface area contributed by atoms with Crippen LogP contribution in [0, 0.1) is 0 Å². The Bertz CT molecular complexity index is 2490. The summed E-state index contributed by atoms with van der Waals surface area (Å²) in [4.78, 5) is 59.5. The number of phenolic OH excluding ortho intramolecular Hbond substituents is 1. The van der Waals surface area contributed by atoms with Crippen LogP contribution in [0.15, 0.2) is 58.7 Å². The molecule has 5 atom stereocenters. The van der Waals surface area contributed by atoms with E-state index in [2.05, 4.69) is 65.8 Å². The second kappa shape index (κ2) is 22.4. The molecule has 0 saturated carbocycles. The Hall–Kier alpha value is -5.60. The molecule has 3 amide bonds. The number of likely N-dealkylation sites (tertiary alicyclic amines) is 1. The number of aliphatic hydroxyl groups is 2. The van der Waals surface area contributed by atoms with E-state index in [0.29, 0.717) is 78.1 Å². The van der Waals surface area contributed by atoms with Crippen LogP contribution in [-0.4, -0.2) is 108 Å². The number of allylic oxidation sites excluding steroid dienone is 8. The number of fused-ring (bicyclic) bond motifs is 6. The Morgan fingerprint density at radius 3 is 1.83 bits per heavy atom. The van der Waals surface area contributed by atoms with Crippen LogP contribution in [-0.2, 0) is 30.7 Å². The lowest BCUT2D eigenvalue weighted by molar-refractivity contribution is -0.142. The van der Waals surface area contributed by atoms with Gasteiger partial charge < -0.3 is 49.3 Å². The number of benzene rings is 2. The highest BCUT2D eigenvalue weighted by atomic mass is 16.6. The zero-order valence-corrected chi connectivity index (χ0v) is 43.3. The minimum Gasteiger partial charge on any atom is -0.508 e. The molecular weight excluding hydrogens is 903 g/mol. The van der Waals surface area contributed by atoms with E-state index < -0.39 is 47.4 Å². The number of carboxylic acid groups (broad SMARTS) is 1. The van der Waals surface area contributed by atoms with Gasteiger partial charge in [-0.25, -0.2) is 9.59 Å². The van der Waals surface area contributed by atoms with Crippen LogP contribution in [0.2, 0.25) is 0 Å². The highest BCUT2D eigenvalue weighted by molar-refractivity contribution is 6.02. The normalized spacial score (nSPS) is 23.3. The average Bonchev–Trinajstić information content (AvgIpc) is 3.80. The SMILES string of the molecule is CC(C)=CCC/C(C)=C/CC[C@@]1(C)Oc2c(c(O)cc3c2CN([C@@H](CCCN2Cc4c(cc(OC(=O)N5CCCCC5)c5c4O[C@](C)(CC/C=C(\C)CCC=C(C)C)[C@@H](O)C5)C2=O)C(=O)O)C3=O)C[C@@H]1O. The second-order valence-electron chi connectivity index (χ2n) is 21.6. The summed E-state index contributed by atoms with van der Waals surface area (Å²) in [7, 11) is 0. The first-order valence-corrected chi connectivity index (χ1v) is 25.9. The van der Waals surface area contributed by atoms with Crippen molar-refractivity contribution in [3.8, 4) is 23.0 Å². The van der Waals surface area contributed by atoms with Gasteiger partial charge in [0.2, 0.25) is 0 Å². The van der Waals surface area contributed by atoms with Crippen molar-refractivity contribution in [2.24, 2.45) is 0 Å². The molecule has 0 aliphatic carbocycles. The molecule has 5 heterocycles. The largest absolute Gasteiger partial charge is 0.508 e. The van der Waals surface area contributed by atoms with E-state index in [4.69, 9.17) is 14.2 Å². The summed E-state index contributed by atoms with van der Waals surface area (Å²) in [6, 6.07) is 1.68. The summed E-state index contributed by atoms with van der Waals surface area (Å²) in [5, 5.41) is 44.8. The van der Waals surface area contributed by atoms with Crippen LogP contribution in [0.5, 0.6) is 23.0 Å². The molecule has 0 spiro atoms. The molecule has 1 saturated heterocycles. The van der Waals surface area contributed by atoms with Gasteiger partial charge >= 0.3 is 12.1 Å². The van der Waals surface area contributed by atoms with Gasteiger partial charge in [0.25, 0.3) is 11.8 Å². The highest BCUT2D eigenvalue weighted by Gasteiger charge is 2.47. The molecule has 71 heavy (non-hydrogen) atoms. The summed E-state index contributed by atoms with van der Waals surface area (Å²) in [6.45, 7) is 17.6. The zero-order chi connectivity index (χ0) is 51.4. The van der Waals surface area contributed by atoms with Gasteiger partial charge in [-0.2, -0.15) is 0 Å². The van der Waals surface area contributed by atoms with Crippen molar-refractivity contribution in [1.29, 1.82) is 0 Å². The Morgan fingerprint density at radius 1 is 0.732 bits per heavy atom. The van der Waals surface area contributed by atoms with Crippen molar-refractivity contribution >= 4 is 23.9 Å². The number of piperidine rings is 1. The lowest BCUT2D eigenvalue weighted by Gasteiger charge is -2.41. The first kappa shape index (κ1) is 53.2. The maximum absolute atomic E-state index is 14.3. The lowest BCUT2D eigenvalue weighted by Crippen LogP contribution is -2.49. The summed E-state index contributed by atoms with van der Waals surface area (Å²) >= 11 is 0. The van der Waals surface area contributed by atoms with E-state index >= 15 is 0 Å². The molecule has 2 aromatic rings. The number of nitrogens with zero attached hydrogens (tertiary/aromatic N) is 3. The van der Waals surface area contributed by atoms with Gasteiger partial charge in [0.1, 0.15) is 40.2 Å². The molecule has 0 bridgehead atoms. The number of phenols is 1. The van der Waals surface area contributed by atoms with Crippen LogP contribution >= 0.6 is 0 Å². The van der Waals surface area contributed by atoms with Crippen LogP contribution in [0.3, 0.4) is 0 Å². The number of hydrogen-bond acceptors (Lipinski definition) is 10. The minimum atomic E-state index is -1.25. The number of amides is 3. The number of aromatic hydroxyl groups is 1. The third-order valence-electron chi connectivity index (χ3n) is 15.3. The number of aliphatic hydroxyl groups excluding tert-OH is 2. The van der Waals surface area contributed by atoms with Crippen molar-refractivity contribution in [2.75, 3.05) is 19.6 Å². The predicted molar refractivity (Wildman–Crippen MR) is 272 cm³/mol. The predicted octanol–water partition coefficient (Wildman–Crippen LogP) is 10.3. The fraction of sp³-hybridized carbons (Fsp3) is 0.579. The Morgan fingerprint density at radius 2 is 1.27 bits per heavy atom. The number of carbonyl (C=O) groups excluding carboxylic acids is 3. The summed E-state index contributed by atoms with van der Waals surface area (Å²) < 4.78 is 19.4. The van der Waals surface area contributed by atoms with E-state index in [-0.39, 0.29) is 68.3 Å². The Balaban J connectivity index is 1.06. The number of aliphatic carboxylic acids is 1. The number of hydrogen-bond donors (Lipinski definition) is 4. The topological polar surface area (TPSA) is 187 Å². The summed E-state index contributed by atoms with van der Waals surface area (Å²) in [6.07, 6.45) is 15.8. The molecule has 0 unspecified atom stereocenters. The average molecular weight is 980 g/mol. The molecule has 2 aromatic carbocycles. The highest BCUT2D eigenvalue weighted by Crippen LogP contribution is 2.49. The minimum absolute atomic E-state index is 0.0266. The molecule has 0 aromatic heterocycles. The molecule has 14 heteroatoms. The number of carboxylic acids is 1. The molecular formula is C57H77N3O11. The molecule has 386 valence electrons. The van der Waals surface area contributed by atoms with E-state index in [0.717, 1.165) is 44.9 Å². The standard InChI is InChI=1S/C57H77N3O11/c1-35(2)17-12-19-37(5)21-14-24-56(7)48(62)31-41-46(61)29-39-44(50(41)70-56)34-60(53(39)65)45(54(66)67)23-16-28-59-33-43-40(52(59)64)30-47(69-55(68)58-26-10-9-11-27-58)42-32-49(63)57(8,71-51(42)43)25-15-22-38(6)20-13-18-36(3)4/h17-18,21-22,29-30,45,48-49,61-63H,9-16,19-20,23-28,31-34H2,1-8H3,(H,66,67)/b37-21+,38-22+/t45-,48-,49-,56+,57+/m0/s1. The van der Waals surface area contributed by atoms with E-state index in [9.17, 15) is 39.6 Å². The van der Waals surface area contributed by atoms with E-state index in [1.54, 1.807) is 15.9 Å². The number of rotatable bonds is 19. The van der Waals surface area contributed by atoms with Gasteiger partial charge in [-0.05, 0) is 151 Å². The quantitative estimate of drug-likeness (QED) is 0.0982. The third-order valence-corrected chi connectivity index (χ3v) is 15.3. The molecule has 5 aliphatic heterocycles. The van der Waals surface area contributed by atoms with Crippen molar-refractivity contribution in [3.63, 3.8) is 0 Å². The van der Waals surface area contributed by atoms with Crippen LogP contribution < -0.4 is 14.2 Å². The summed E-state index contributed by atoms with van der Waals surface area (Å²) in [5.74, 6) is -1.33. The first-order valence-electron chi connectivity index (χ1n) is 25.9. The van der Waals surface area contributed by atoms with Crippen LogP contribution in [0.25, 0.3) is 0 Å². The third kappa shape index (κ3) is 12.0. The fourth-order valence-corrected chi connectivity index (χ4v) is 10.7. The molecule has 4 N–H and O–H groups in total. The van der Waals surface area contributed by atoms with Gasteiger partial charge in [0, 0.05) is 54.7 Å². The zero-order valence-electron chi connectivity index (χ0n) is 43.3. The van der Waals surface area contributed by atoms with Gasteiger partial charge in [0.05, 0.1) is 36.4 Å². The van der Waals surface area contributed by atoms with Gasteiger partial charge in [-0.3, -0.25) is 9.59 Å². The van der Waals surface area contributed by atoms with Crippen LogP contribution in [0.4, 0.5) is 4.79 Å². The molecule has 5 aliphatic rings. The molecule has 1 fully saturated rings. The number of carbonyl (C=O) groups is 4. The Kier molecular flexibility index (Phi) is 16.8. The monoisotopic (exact) mass is 980 g/mol. The van der Waals surface area contributed by atoms with Crippen molar-refractivity contribution in [2.45, 2.75) is 194 Å². The van der Waals surface area contributed by atoms with E-state index in [1.165, 1.54) is 33.3 Å². The van der Waals surface area contributed by atoms with Crippen LogP contribution in [0.1, 0.15) is 182 Å². The summed E-state index contributed by atoms with van der Waals surface area (Å²) in [5.41, 5.74) is 5.54. The fourth-order valence-electron chi connectivity index (χ4n) is 10.7. The van der Waals surface area contributed by atoms with Crippen molar-refractivity contribution in [3.05, 3.63) is 92.1 Å². The van der Waals surface area contributed by atoms with E-state index in [1.807, 2.05) is 13.8 Å². The molecule has 7 rings (SSSR count). The van der Waals surface area contributed by atoms with Crippen molar-refractivity contribution in [1.82, 2.24) is 14.7 Å². The Labute approximate surface area is 420 Å². The molecule has 0 radical (unpaired) electrons. The van der Waals surface area contributed by atoms with Gasteiger partial charge in [0.15, 0.2) is 0 Å². The van der Waals surface area contributed by atoms with Gasteiger partial charge in [-0.15, -0.1) is 0 Å². The van der Waals surface area contributed by atoms with Gasteiger partial charge in [-0.1, -0.05) is 46.6 Å². The second-order valence-corrected chi connectivity index (χ2v) is 21.6. The number of ether oxygens (including phenoxy) is 3. The molecule has 14 nitrogen and oxygen atoms in total. The lowest BCUT2D eigenvalue weighted by atomic mass is 9.84. The first-order chi connectivity index (χ1) is 33.7. The maximum atomic E-state index is 14.3. The smallest absolute Gasteiger partial charge is 0.415 e. The van der Waals surface area contributed by atoms with Crippen molar-refractivity contribution < 1.29 is 53.8 Å². The maximum Gasteiger partial charge on any atom is 0.415 e.